The summed E-state index contributed by atoms with van der Waals surface area (Å²) in [6, 6.07) is 9.17. The molecule has 1 aliphatic heterocycles. The van der Waals surface area contributed by atoms with E-state index in [0.717, 1.165) is 18.4 Å². The van der Waals surface area contributed by atoms with E-state index in [-0.39, 0.29) is 35.9 Å². The van der Waals surface area contributed by atoms with Crippen LogP contribution in [-0.2, 0) is 19.6 Å². The van der Waals surface area contributed by atoms with E-state index in [4.69, 9.17) is 0 Å². The fourth-order valence-electron chi connectivity index (χ4n) is 2.84. The SMILES string of the molecule is C[C@@H](NS(=O)(=O)CCCCCC1CC(=O)NC1=O)c1ccccc1. The Morgan fingerprint density at radius 3 is 2.50 bits per heavy atom. The van der Waals surface area contributed by atoms with Crippen molar-refractivity contribution in [3.63, 3.8) is 0 Å². The molecule has 0 aromatic heterocycles. The largest absolute Gasteiger partial charge is 0.296 e. The molecule has 1 aliphatic rings. The highest BCUT2D eigenvalue weighted by atomic mass is 32.2. The first-order valence-corrected chi connectivity index (χ1v) is 9.91. The first-order valence-electron chi connectivity index (χ1n) is 8.26. The van der Waals surface area contributed by atoms with Gasteiger partial charge >= 0.3 is 0 Å². The second-order valence-electron chi connectivity index (χ2n) is 6.23. The van der Waals surface area contributed by atoms with Crippen LogP contribution in [0.3, 0.4) is 0 Å². The van der Waals surface area contributed by atoms with Crippen molar-refractivity contribution in [1.29, 1.82) is 0 Å². The second kappa shape index (κ2) is 8.39. The summed E-state index contributed by atoms with van der Waals surface area (Å²) >= 11 is 0. The molecule has 0 bridgehead atoms. The minimum Gasteiger partial charge on any atom is -0.296 e. The molecule has 2 amide bonds. The third-order valence-electron chi connectivity index (χ3n) is 4.19. The molecule has 1 unspecified atom stereocenters. The number of carbonyl (C=O) groups is 2. The maximum Gasteiger partial charge on any atom is 0.230 e. The average molecular weight is 352 g/mol. The number of rotatable bonds is 9. The average Bonchev–Trinajstić information content (AvgIpc) is 2.85. The Bertz CT molecular complexity index is 673. The van der Waals surface area contributed by atoms with Crippen LogP contribution in [0.5, 0.6) is 0 Å². The molecular weight excluding hydrogens is 328 g/mol. The molecule has 1 fully saturated rings. The standard InChI is InChI=1S/C17H24N2O4S/c1-13(14-8-4-2-5-9-14)19-24(22,23)11-7-3-6-10-15-12-16(20)18-17(15)21/h2,4-5,8-9,13,15,19H,3,6-7,10-12H2,1H3,(H,18,20,21)/t13-,15?/m1/s1. The number of unbranched alkanes of at least 4 members (excludes halogenated alkanes) is 2. The number of sulfonamides is 1. The lowest BCUT2D eigenvalue weighted by Gasteiger charge is -2.14. The van der Waals surface area contributed by atoms with Crippen LogP contribution in [0.15, 0.2) is 30.3 Å². The van der Waals surface area contributed by atoms with Gasteiger partial charge in [-0.25, -0.2) is 13.1 Å². The van der Waals surface area contributed by atoms with Gasteiger partial charge in [-0.05, 0) is 25.3 Å². The smallest absolute Gasteiger partial charge is 0.230 e. The van der Waals surface area contributed by atoms with E-state index in [2.05, 4.69) is 10.0 Å². The molecule has 0 saturated carbocycles. The predicted octanol–water partition coefficient (Wildman–Crippen LogP) is 1.89. The van der Waals surface area contributed by atoms with Crippen LogP contribution in [0.4, 0.5) is 0 Å². The monoisotopic (exact) mass is 352 g/mol. The molecule has 24 heavy (non-hydrogen) atoms. The summed E-state index contributed by atoms with van der Waals surface area (Å²) in [4.78, 5) is 22.5. The molecular formula is C17H24N2O4S. The van der Waals surface area contributed by atoms with Gasteiger partial charge in [-0.1, -0.05) is 43.2 Å². The number of hydrogen-bond acceptors (Lipinski definition) is 4. The van der Waals surface area contributed by atoms with Crippen molar-refractivity contribution in [3.8, 4) is 0 Å². The summed E-state index contributed by atoms with van der Waals surface area (Å²) in [6.45, 7) is 1.82. The van der Waals surface area contributed by atoms with Gasteiger partial charge < -0.3 is 0 Å². The van der Waals surface area contributed by atoms with Gasteiger partial charge in [0.05, 0.1) is 5.75 Å². The van der Waals surface area contributed by atoms with Crippen molar-refractivity contribution in [1.82, 2.24) is 10.0 Å². The lowest BCUT2D eigenvalue weighted by atomic mass is 10.00. The molecule has 2 atom stereocenters. The van der Waals surface area contributed by atoms with Gasteiger partial charge in [0.1, 0.15) is 0 Å². The summed E-state index contributed by atoms with van der Waals surface area (Å²) in [6.07, 6.45) is 2.89. The Morgan fingerprint density at radius 2 is 1.88 bits per heavy atom. The summed E-state index contributed by atoms with van der Waals surface area (Å²) in [5.41, 5.74) is 0.929. The molecule has 7 heteroatoms. The Kier molecular flexibility index (Phi) is 6.51. The minimum atomic E-state index is -3.33. The lowest BCUT2D eigenvalue weighted by Crippen LogP contribution is -2.29. The lowest BCUT2D eigenvalue weighted by molar-refractivity contribution is -0.125. The molecule has 2 N–H and O–H groups in total. The Morgan fingerprint density at radius 1 is 1.17 bits per heavy atom. The van der Waals surface area contributed by atoms with Gasteiger partial charge in [-0.3, -0.25) is 14.9 Å². The van der Waals surface area contributed by atoms with Crippen molar-refractivity contribution >= 4 is 21.8 Å². The number of imide groups is 1. The fourth-order valence-corrected chi connectivity index (χ4v) is 4.21. The zero-order chi connectivity index (χ0) is 17.6. The van der Waals surface area contributed by atoms with Crippen LogP contribution in [0.1, 0.15) is 50.6 Å². The molecule has 0 radical (unpaired) electrons. The van der Waals surface area contributed by atoms with E-state index >= 15 is 0 Å². The quantitative estimate of drug-likeness (QED) is 0.524. The Labute approximate surface area is 143 Å². The van der Waals surface area contributed by atoms with Gasteiger partial charge in [0.15, 0.2) is 0 Å². The van der Waals surface area contributed by atoms with Gasteiger partial charge in [-0.15, -0.1) is 0 Å². The summed E-state index contributed by atoms with van der Waals surface area (Å²) in [5.74, 6) is -0.594. The zero-order valence-corrected chi connectivity index (χ0v) is 14.6. The first-order chi connectivity index (χ1) is 11.4. The minimum absolute atomic E-state index is 0.0694. The van der Waals surface area contributed by atoms with Crippen molar-refractivity contribution < 1.29 is 18.0 Å². The normalized spacial score (nSPS) is 19.3. The number of carbonyl (C=O) groups excluding carboxylic acids is 2. The molecule has 1 aromatic rings. The van der Waals surface area contributed by atoms with Crippen LogP contribution in [0.2, 0.25) is 0 Å². The van der Waals surface area contributed by atoms with Gasteiger partial charge in [-0.2, -0.15) is 0 Å². The van der Waals surface area contributed by atoms with E-state index < -0.39 is 10.0 Å². The number of hydrogen-bond donors (Lipinski definition) is 2. The van der Waals surface area contributed by atoms with Crippen molar-refractivity contribution in [2.75, 3.05) is 5.75 Å². The van der Waals surface area contributed by atoms with Crippen LogP contribution in [0, 0.1) is 5.92 Å². The van der Waals surface area contributed by atoms with Gasteiger partial charge in [0, 0.05) is 18.4 Å². The maximum absolute atomic E-state index is 12.1. The molecule has 1 heterocycles. The second-order valence-corrected chi connectivity index (χ2v) is 8.11. The molecule has 2 rings (SSSR count). The summed E-state index contributed by atoms with van der Waals surface area (Å²) in [5, 5.41) is 2.29. The van der Waals surface area contributed by atoms with Gasteiger partial charge in [0.25, 0.3) is 0 Å². The van der Waals surface area contributed by atoms with E-state index in [9.17, 15) is 18.0 Å². The zero-order valence-electron chi connectivity index (χ0n) is 13.8. The number of benzene rings is 1. The highest BCUT2D eigenvalue weighted by Gasteiger charge is 2.29. The van der Waals surface area contributed by atoms with Crippen molar-refractivity contribution in [2.45, 2.75) is 45.1 Å². The van der Waals surface area contributed by atoms with E-state index in [1.165, 1.54) is 0 Å². The highest BCUT2D eigenvalue weighted by Crippen LogP contribution is 2.19. The van der Waals surface area contributed by atoms with Crippen molar-refractivity contribution in [3.05, 3.63) is 35.9 Å². The number of nitrogens with one attached hydrogen (secondary N) is 2. The number of amides is 2. The fraction of sp³-hybridized carbons (Fsp3) is 0.529. The molecule has 0 aliphatic carbocycles. The van der Waals surface area contributed by atoms with Crippen LogP contribution in [0.25, 0.3) is 0 Å². The first kappa shape index (κ1) is 18.6. The molecule has 132 valence electrons. The van der Waals surface area contributed by atoms with Crippen molar-refractivity contribution in [2.24, 2.45) is 5.92 Å². The molecule has 0 spiro atoms. The molecule has 1 saturated heterocycles. The third kappa shape index (κ3) is 5.72. The third-order valence-corrected chi connectivity index (χ3v) is 5.73. The predicted molar refractivity (Wildman–Crippen MR) is 91.5 cm³/mol. The topological polar surface area (TPSA) is 92.3 Å². The van der Waals surface area contributed by atoms with E-state index in [1.807, 2.05) is 37.3 Å². The maximum atomic E-state index is 12.1. The Balaban J connectivity index is 1.67. The summed E-state index contributed by atoms with van der Waals surface area (Å²) < 4.78 is 26.9. The van der Waals surface area contributed by atoms with Crippen LogP contribution < -0.4 is 10.0 Å². The van der Waals surface area contributed by atoms with E-state index in [0.29, 0.717) is 12.8 Å². The van der Waals surface area contributed by atoms with Crippen LogP contribution in [-0.4, -0.2) is 26.0 Å². The summed E-state index contributed by atoms with van der Waals surface area (Å²) in [7, 11) is -3.33. The van der Waals surface area contributed by atoms with E-state index in [1.54, 1.807) is 0 Å². The Hall–Kier alpha value is -1.73. The molecule has 1 aromatic carbocycles. The van der Waals surface area contributed by atoms with Gasteiger partial charge in [0.2, 0.25) is 21.8 Å². The van der Waals surface area contributed by atoms with Crippen LogP contribution >= 0.6 is 0 Å². The molecule has 6 nitrogen and oxygen atoms in total. The highest BCUT2D eigenvalue weighted by molar-refractivity contribution is 7.89.